The number of carbonyl (C=O) groups excluding carboxylic acids is 1. The Balaban J connectivity index is 2.62. The van der Waals surface area contributed by atoms with Gasteiger partial charge in [-0.1, -0.05) is 6.92 Å². The minimum Gasteiger partial charge on any atom is -0.459 e. The van der Waals surface area contributed by atoms with Gasteiger partial charge >= 0.3 is 5.97 Å². The van der Waals surface area contributed by atoms with Gasteiger partial charge in [0, 0.05) is 23.6 Å². The summed E-state index contributed by atoms with van der Waals surface area (Å²) in [5.41, 5.74) is -0.398. The van der Waals surface area contributed by atoms with Gasteiger partial charge in [0.15, 0.2) is 0 Å². The van der Waals surface area contributed by atoms with Crippen LogP contribution in [0.15, 0.2) is 0 Å². The summed E-state index contributed by atoms with van der Waals surface area (Å²) in [7, 11) is 0. The normalized spacial score (nSPS) is 28.8. The molecular formula is C13H25NO2S. The lowest BCUT2D eigenvalue weighted by molar-refractivity contribution is -0.161. The third kappa shape index (κ3) is 4.18. The van der Waals surface area contributed by atoms with Gasteiger partial charge in [-0.2, -0.15) is 11.8 Å². The van der Waals surface area contributed by atoms with Gasteiger partial charge in [-0.25, -0.2) is 0 Å². The zero-order chi connectivity index (χ0) is 13.2. The lowest BCUT2D eigenvalue weighted by Crippen LogP contribution is -2.52. The third-order valence-electron chi connectivity index (χ3n) is 3.18. The van der Waals surface area contributed by atoms with E-state index in [0.29, 0.717) is 11.3 Å². The van der Waals surface area contributed by atoms with Gasteiger partial charge in [0.25, 0.3) is 0 Å². The molecule has 0 spiro atoms. The maximum atomic E-state index is 12.0. The summed E-state index contributed by atoms with van der Waals surface area (Å²) in [5.74, 6) is 0.988. The highest BCUT2D eigenvalue weighted by atomic mass is 32.2. The Labute approximate surface area is 109 Å². The van der Waals surface area contributed by atoms with Crippen LogP contribution < -0.4 is 0 Å². The highest BCUT2D eigenvalue weighted by molar-refractivity contribution is 8.00. The Morgan fingerprint density at radius 3 is 2.53 bits per heavy atom. The second-order valence-corrected chi connectivity index (χ2v) is 7.25. The van der Waals surface area contributed by atoms with Crippen LogP contribution in [0, 0.1) is 0 Å². The maximum absolute atomic E-state index is 12.0. The van der Waals surface area contributed by atoms with E-state index < -0.39 is 5.60 Å². The van der Waals surface area contributed by atoms with Crippen LogP contribution in [-0.2, 0) is 9.53 Å². The van der Waals surface area contributed by atoms with Crippen molar-refractivity contribution in [3.8, 4) is 0 Å². The Morgan fingerprint density at radius 1 is 1.41 bits per heavy atom. The third-order valence-corrected chi connectivity index (χ3v) is 4.52. The molecule has 0 aliphatic carbocycles. The summed E-state index contributed by atoms with van der Waals surface area (Å²) in [6, 6.07) is 0.281. The molecule has 0 aromatic heterocycles. The Bertz CT molecular complexity index is 275. The number of esters is 1. The summed E-state index contributed by atoms with van der Waals surface area (Å²) in [6.07, 6.45) is 0. The highest BCUT2D eigenvalue weighted by Gasteiger charge is 2.33. The van der Waals surface area contributed by atoms with Crippen LogP contribution in [0.1, 0.15) is 41.5 Å². The van der Waals surface area contributed by atoms with Gasteiger partial charge in [-0.15, -0.1) is 0 Å². The van der Waals surface area contributed by atoms with Crippen LogP contribution in [0.25, 0.3) is 0 Å². The fraction of sp³-hybridized carbons (Fsp3) is 0.923. The van der Waals surface area contributed by atoms with E-state index in [9.17, 15) is 4.79 Å². The van der Waals surface area contributed by atoms with Crippen molar-refractivity contribution in [1.29, 1.82) is 0 Å². The lowest BCUT2D eigenvalue weighted by atomic mass is 10.1. The molecular weight excluding hydrogens is 234 g/mol. The predicted octanol–water partition coefficient (Wildman–Crippen LogP) is 2.54. The number of rotatable bonds is 2. The van der Waals surface area contributed by atoms with Crippen LogP contribution >= 0.6 is 11.8 Å². The monoisotopic (exact) mass is 259 g/mol. The molecule has 100 valence electrons. The molecule has 3 unspecified atom stereocenters. The largest absolute Gasteiger partial charge is 0.459 e. The maximum Gasteiger partial charge on any atom is 0.323 e. The Morgan fingerprint density at radius 2 is 2.00 bits per heavy atom. The van der Waals surface area contributed by atoms with Crippen molar-refractivity contribution in [3.05, 3.63) is 0 Å². The van der Waals surface area contributed by atoms with E-state index in [1.54, 1.807) is 0 Å². The average Bonchev–Trinajstić information content (AvgIpc) is 2.18. The van der Waals surface area contributed by atoms with E-state index in [1.165, 1.54) is 0 Å². The van der Waals surface area contributed by atoms with E-state index in [0.717, 1.165) is 12.3 Å². The minimum atomic E-state index is -0.398. The minimum absolute atomic E-state index is 0.108. The van der Waals surface area contributed by atoms with Crippen LogP contribution in [0.2, 0.25) is 0 Å². The molecule has 1 saturated heterocycles. The highest BCUT2D eigenvalue weighted by Crippen LogP contribution is 2.26. The summed E-state index contributed by atoms with van der Waals surface area (Å²) in [4.78, 5) is 14.3. The number of nitrogens with zero attached hydrogens (tertiary/aromatic N) is 1. The molecule has 4 heteroatoms. The fourth-order valence-electron chi connectivity index (χ4n) is 2.03. The second-order valence-electron chi connectivity index (χ2n) is 5.76. The van der Waals surface area contributed by atoms with E-state index in [4.69, 9.17) is 4.74 Å². The number of carbonyl (C=O) groups is 1. The summed E-state index contributed by atoms with van der Waals surface area (Å²) in [6.45, 7) is 13.1. The summed E-state index contributed by atoms with van der Waals surface area (Å²) >= 11 is 1.98. The van der Waals surface area contributed by atoms with E-state index >= 15 is 0 Å². The molecule has 1 heterocycles. The molecule has 1 aliphatic heterocycles. The number of thioether (sulfide) groups is 1. The molecule has 0 aromatic rings. The van der Waals surface area contributed by atoms with Crippen LogP contribution in [-0.4, -0.2) is 46.1 Å². The zero-order valence-electron chi connectivity index (χ0n) is 11.8. The van der Waals surface area contributed by atoms with E-state index in [1.807, 2.05) is 39.5 Å². The first kappa shape index (κ1) is 14.8. The van der Waals surface area contributed by atoms with E-state index in [-0.39, 0.29) is 12.0 Å². The Kier molecular flexibility index (Phi) is 4.90. The molecule has 1 rings (SSSR count). The molecule has 0 radical (unpaired) electrons. The average molecular weight is 259 g/mol. The SMILES string of the molecule is CC1SCCN(C(C)C(=O)OC(C)(C)C)C1C. The molecule has 17 heavy (non-hydrogen) atoms. The fourth-order valence-corrected chi connectivity index (χ4v) is 3.15. The molecule has 0 aromatic carbocycles. The van der Waals surface area contributed by atoms with E-state index in [2.05, 4.69) is 18.7 Å². The lowest BCUT2D eigenvalue weighted by Gasteiger charge is -2.40. The molecule has 0 saturated carbocycles. The smallest absolute Gasteiger partial charge is 0.323 e. The standard InChI is InChI=1S/C13H25NO2S/c1-9-11(3)17-8-7-14(9)10(2)12(15)16-13(4,5)6/h9-11H,7-8H2,1-6H3. The van der Waals surface area contributed by atoms with Crippen LogP contribution in [0.5, 0.6) is 0 Å². The van der Waals surface area contributed by atoms with Crippen LogP contribution in [0.3, 0.4) is 0 Å². The first-order valence-electron chi connectivity index (χ1n) is 6.32. The molecule has 1 aliphatic rings. The Hall–Kier alpha value is -0.220. The molecule has 1 fully saturated rings. The first-order chi connectivity index (χ1) is 7.72. The van der Waals surface area contributed by atoms with Crippen molar-refractivity contribution in [2.75, 3.05) is 12.3 Å². The quantitative estimate of drug-likeness (QED) is 0.713. The van der Waals surface area contributed by atoms with Crippen molar-refractivity contribution < 1.29 is 9.53 Å². The zero-order valence-corrected chi connectivity index (χ0v) is 12.6. The van der Waals surface area contributed by atoms with Gasteiger partial charge in [0.1, 0.15) is 11.6 Å². The number of hydrogen-bond donors (Lipinski definition) is 0. The molecule has 3 nitrogen and oxygen atoms in total. The molecule has 3 atom stereocenters. The van der Waals surface area contributed by atoms with Crippen molar-refractivity contribution in [2.24, 2.45) is 0 Å². The molecule has 0 amide bonds. The summed E-state index contributed by atoms with van der Waals surface area (Å²) < 4.78 is 5.45. The van der Waals surface area contributed by atoms with Gasteiger partial charge in [0.2, 0.25) is 0 Å². The van der Waals surface area contributed by atoms with Crippen molar-refractivity contribution in [1.82, 2.24) is 4.90 Å². The van der Waals surface area contributed by atoms with Gasteiger partial charge < -0.3 is 4.74 Å². The number of ether oxygens (including phenoxy) is 1. The van der Waals surface area contributed by atoms with Crippen LogP contribution in [0.4, 0.5) is 0 Å². The number of hydrogen-bond acceptors (Lipinski definition) is 4. The predicted molar refractivity (Wildman–Crippen MR) is 73.4 cm³/mol. The van der Waals surface area contributed by atoms with Gasteiger partial charge in [0.05, 0.1) is 0 Å². The topological polar surface area (TPSA) is 29.5 Å². The van der Waals surface area contributed by atoms with Gasteiger partial charge in [-0.3, -0.25) is 9.69 Å². The van der Waals surface area contributed by atoms with Gasteiger partial charge in [-0.05, 0) is 34.6 Å². The molecule has 0 N–H and O–H groups in total. The van der Waals surface area contributed by atoms with Crippen molar-refractivity contribution in [3.63, 3.8) is 0 Å². The molecule has 0 bridgehead atoms. The summed E-state index contributed by atoms with van der Waals surface area (Å²) in [5, 5.41) is 0.577. The first-order valence-corrected chi connectivity index (χ1v) is 7.37. The van der Waals surface area contributed by atoms with Crippen molar-refractivity contribution in [2.45, 2.75) is 64.5 Å². The second kappa shape index (κ2) is 5.61. The van der Waals surface area contributed by atoms with Crippen molar-refractivity contribution >= 4 is 17.7 Å².